The predicted molar refractivity (Wildman–Crippen MR) is 97.3 cm³/mol. The lowest BCUT2D eigenvalue weighted by Crippen LogP contribution is -2.39. The van der Waals surface area contributed by atoms with E-state index in [0.717, 1.165) is 12.8 Å². The highest BCUT2D eigenvalue weighted by atomic mass is 32.2. The Hall–Kier alpha value is -2.32. The molecule has 2 aromatic rings. The summed E-state index contributed by atoms with van der Waals surface area (Å²) in [7, 11) is -3.21. The van der Waals surface area contributed by atoms with Crippen LogP contribution in [-0.2, 0) is 16.4 Å². The molecule has 7 nitrogen and oxygen atoms in total. The van der Waals surface area contributed by atoms with Gasteiger partial charge >= 0.3 is 5.97 Å². The number of carboxylic acids is 1. The number of nitrogens with zero attached hydrogens (tertiary/aromatic N) is 3. The molecule has 0 spiro atoms. The van der Waals surface area contributed by atoms with Crippen LogP contribution in [0.15, 0.2) is 36.7 Å². The number of aromatic nitrogens is 2. The highest BCUT2D eigenvalue weighted by Crippen LogP contribution is 2.28. The molecule has 0 amide bonds. The van der Waals surface area contributed by atoms with Gasteiger partial charge in [0.1, 0.15) is 0 Å². The van der Waals surface area contributed by atoms with E-state index < -0.39 is 16.0 Å². The first kappa shape index (κ1) is 18.5. The maximum atomic E-state index is 11.8. The Morgan fingerprint density at radius 1 is 1.27 bits per heavy atom. The van der Waals surface area contributed by atoms with E-state index in [1.54, 1.807) is 36.7 Å². The second-order valence-corrected chi connectivity index (χ2v) is 8.52. The van der Waals surface area contributed by atoms with E-state index >= 15 is 0 Å². The number of carboxylic acid groups (broad SMARTS) is 1. The number of hydrogen-bond donors (Lipinski definition) is 1. The molecule has 1 aliphatic heterocycles. The molecule has 1 N–H and O–H groups in total. The summed E-state index contributed by atoms with van der Waals surface area (Å²) in [6.07, 6.45) is 6.62. The van der Waals surface area contributed by atoms with Crippen molar-refractivity contribution in [2.45, 2.75) is 19.3 Å². The van der Waals surface area contributed by atoms with Crippen molar-refractivity contribution in [2.75, 3.05) is 19.3 Å². The summed E-state index contributed by atoms with van der Waals surface area (Å²) in [5.74, 6) is -0.885. The molecular weight excluding hydrogens is 354 g/mol. The molecule has 2 heterocycles. The number of piperidine rings is 1. The first-order valence-corrected chi connectivity index (χ1v) is 10.3. The fraction of sp³-hybridized carbons (Fsp3) is 0.389. The number of rotatable bonds is 5. The Labute approximate surface area is 152 Å². The first-order chi connectivity index (χ1) is 12.4. The minimum Gasteiger partial charge on any atom is -0.478 e. The van der Waals surface area contributed by atoms with Crippen molar-refractivity contribution in [1.82, 2.24) is 14.3 Å². The Balaban J connectivity index is 1.90. The molecule has 1 aromatic heterocycles. The third kappa shape index (κ3) is 4.08. The molecule has 0 radical (unpaired) electrons. The Morgan fingerprint density at radius 2 is 2.00 bits per heavy atom. The monoisotopic (exact) mass is 375 g/mol. The maximum absolute atomic E-state index is 11.8. The summed E-state index contributed by atoms with van der Waals surface area (Å²) in [5.41, 5.74) is 1.94. The average Bonchev–Trinajstić information content (AvgIpc) is 2.62. The van der Waals surface area contributed by atoms with E-state index in [0.29, 0.717) is 36.5 Å². The van der Waals surface area contributed by atoms with Crippen LogP contribution < -0.4 is 0 Å². The van der Waals surface area contributed by atoms with Crippen LogP contribution in [-0.4, -0.2) is 53.1 Å². The zero-order valence-corrected chi connectivity index (χ0v) is 15.3. The van der Waals surface area contributed by atoms with Crippen LogP contribution in [0.2, 0.25) is 0 Å². The highest BCUT2D eigenvalue weighted by molar-refractivity contribution is 7.88. The first-order valence-electron chi connectivity index (χ1n) is 8.44. The smallest absolute Gasteiger partial charge is 0.336 e. The van der Waals surface area contributed by atoms with E-state index in [9.17, 15) is 18.3 Å². The fourth-order valence-corrected chi connectivity index (χ4v) is 4.33. The molecule has 0 bridgehead atoms. The van der Waals surface area contributed by atoms with Crippen molar-refractivity contribution in [3.05, 3.63) is 47.9 Å². The van der Waals surface area contributed by atoms with Crippen LogP contribution in [0.1, 0.15) is 28.9 Å². The predicted octanol–water partition coefficient (Wildman–Crippen LogP) is 2.06. The quantitative estimate of drug-likeness (QED) is 0.858. The van der Waals surface area contributed by atoms with Crippen LogP contribution in [0.3, 0.4) is 0 Å². The third-order valence-electron chi connectivity index (χ3n) is 4.62. The molecule has 0 saturated carbocycles. The van der Waals surface area contributed by atoms with E-state index in [1.165, 1.54) is 10.6 Å². The van der Waals surface area contributed by atoms with Crippen LogP contribution in [0, 0.1) is 5.92 Å². The lowest BCUT2D eigenvalue weighted by atomic mass is 9.92. The van der Waals surface area contributed by atoms with Gasteiger partial charge in [0.15, 0.2) is 0 Å². The molecule has 26 heavy (non-hydrogen) atoms. The van der Waals surface area contributed by atoms with E-state index in [1.807, 2.05) is 0 Å². The Morgan fingerprint density at radius 3 is 2.73 bits per heavy atom. The van der Waals surface area contributed by atoms with Gasteiger partial charge in [-0.2, -0.15) is 0 Å². The van der Waals surface area contributed by atoms with Crippen LogP contribution in [0.4, 0.5) is 0 Å². The summed E-state index contributed by atoms with van der Waals surface area (Å²) in [6, 6.07) is 6.71. The van der Waals surface area contributed by atoms with E-state index in [2.05, 4.69) is 9.97 Å². The van der Waals surface area contributed by atoms with Crippen LogP contribution >= 0.6 is 0 Å². The molecule has 1 atom stereocenters. The third-order valence-corrected chi connectivity index (χ3v) is 5.89. The van der Waals surface area contributed by atoms with Gasteiger partial charge in [-0.3, -0.25) is 9.97 Å². The fourth-order valence-electron chi connectivity index (χ4n) is 3.39. The second-order valence-electron chi connectivity index (χ2n) is 6.54. The number of carbonyl (C=O) groups is 1. The zero-order chi connectivity index (χ0) is 18.7. The van der Waals surface area contributed by atoms with Crippen molar-refractivity contribution in [2.24, 2.45) is 5.92 Å². The SMILES string of the molecule is CS(=O)(=O)N1CCC[C@H](Cc2nccnc2-c2ccccc2C(=O)O)C1. The van der Waals surface area contributed by atoms with Gasteiger partial charge in [-0.05, 0) is 31.2 Å². The Bertz CT molecular complexity index is 914. The molecule has 0 aliphatic carbocycles. The lowest BCUT2D eigenvalue weighted by molar-refractivity contribution is 0.0697. The number of benzene rings is 1. The molecule has 1 aliphatic rings. The average molecular weight is 375 g/mol. The van der Waals surface area contributed by atoms with Gasteiger partial charge in [-0.1, -0.05) is 18.2 Å². The summed E-state index contributed by atoms with van der Waals surface area (Å²) in [5, 5.41) is 9.44. The lowest BCUT2D eigenvalue weighted by Gasteiger charge is -2.31. The van der Waals surface area contributed by atoms with Gasteiger partial charge < -0.3 is 5.11 Å². The van der Waals surface area contributed by atoms with Crippen LogP contribution in [0.5, 0.6) is 0 Å². The van der Waals surface area contributed by atoms with Gasteiger partial charge in [-0.25, -0.2) is 17.5 Å². The van der Waals surface area contributed by atoms with E-state index in [-0.39, 0.29) is 11.5 Å². The minimum atomic E-state index is -3.21. The molecule has 8 heteroatoms. The summed E-state index contributed by atoms with van der Waals surface area (Å²) >= 11 is 0. The molecule has 1 fully saturated rings. The van der Waals surface area contributed by atoms with Crippen molar-refractivity contribution in [3.8, 4) is 11.3 Å². The molecule has 138 valence electrons. The molecule has 3 rings (SSSR count). The highest BCUT2D eigenvalue weighted by Gasteiger charge is 2.27. The topological polar surface area (TPSA) is 100 Å². The zero-order valence-electron chi connectivity index (χ0n) is 14.5. The van der Waals surface area contributed by atoms with Crippen molar-refractivity contribution in [1.29, 1.82) is 0 Å². The Kier molecular flexibility index (Phi) is 5.33. The number of sulfonamides is 1. The van der Waals surface area contributed by atoms with E-state index in [4.69, 9.17) is 0 Å². The largest absolute Gasteiger partial charge is 0.478 e. The minimum absolute atomic E-state index is 0.130. The van der Waals surface area contributed by atoms with Gasteiger partial charge in [0.25, 0.3) is 0 Å². The summed E-state index contributed by atoms with van der Waals surface area (Å²) in [6.45, 7) is 1.000. The molecule has 0 unspecified atom stereocenters. The van der Waals surface area contributed by atoms with Gasteiger partial charge in [-0.15, -0.1) is 0 Å². The van der Waals surface area contributed by atoms with Crippen molar-refractivity contribution in [3.63, 3.8) is 0 Å². The molecular formula is C18H21N3O4S. The number of aromatic carboxylic acids is 1. The van der Waals surface area contributed by atoms with Gasteiger partial charge in [0, 0.05) is 31.0 Å². The summed E-state index contributed by atoms with van der Waals surface area (Å²) in [4.78, 5) is 20.3. The van der Waals surface area contributed by atoms with Gasteiger partial charge in [0.05, 0.1) is 23.2 Å². The summed E-state index contributed by atoms with van der Waals surface area (Å²) < 4.78 is 25.2. The normalized spacial score (nSPS) is 18.6. The maximum Gasteiger partial charge on any atom is 0.336 e. The van der Waals surface area contributed by atoms with Gasteiger partial charge in [0.2, 0.25) is 10.0 Å². The van der Waals surface area contributed by atoms with Crippen molar-refractivity contribution < 1.29 is 18.3 Å². The number of hydrogen-bond acceptors (Lipinski definition) is 5. The molecule has 1 aromatic carbocycles. The van der Waals surface area contributed by atoms with Crippen LogP contribution in [0.25, 0.3) is 11.3 Å². The molecule has 1 saturated heterocycles. The van der Waals surface area contributed by atoms with Crippen molar-refractivity contribution >= 4 is 16.0 Å². The standard InChI is InChI=1S/C18H21N3O4S/c1-26(24,25)21-10-4-5-13(12-21)11-16-17(20-9-8-19-16)14-6-2-3-7-15(14)18(22)23/h2-3,6-9,13H,4-5,10-12H2,1H3,(H,22,23)/t13-/m1/s1. The second kappa shape index (κ2) is 7.51.